The average Bonchev–Trinajstić information content (AvgIpc) is 3.19. The number of carbonyl (C=O) groups is 2. The summed E-state index contributed by atoms with van der Waals surface area (Å²) in [6.45, 7) is 1.60. The molecule has 0 bridgehead atoms. The van der Waals surface area contributed by atoms with Crippen molar-refractivity contribution in [3.8, 4) is 0 Å². The van der Waals surface area contributed by atoms with Crippen molar-refractivity contribution in [3.63, 3.8) is 0 Å². The highest BCUT2D eigenvalue weighted by molar-refractivity contribution is 6.04. The highest BCUT2D eigenvalue weighted by atomic mass is 19.1. The van der Waals surface area contributed by atoms with E-state index in [4.69, 9.17) is 0 Å². The van der Waals surface area contributed by atoms with E-state index in [0.717, 1.165) is 31.7 Å². The molecule has 29 heavy (non-hydrogen) atoms. The Bertz CT molecular complexity index is 882. The third-order valence-electron chi connectivity index (χ3n) is 5.13. The molecular formula is C22H25F2N3O2. The normalized spacial score (nSPS) is 15.1. The molecule has 5 nitrogen and oxygen atoms in total. The molecule has 2 aromatic rings. The number of halogens is 2. The molecule has 3 rings (SSSR count). The minimum Gasteiger partial charge on any atom is -0.349 e. The largest absolute Gasteiger partial charge is 0.349 e. The van der Waals surface area contributed by atoms with Crippen LogP contribution in [0.15, 0.2) is 42.5 Å². The van der Waals surface area contributed by atoms with E-state index in [9.17, 15) is 18.4 Å². The van der Waals surface area contributed by atoms with Gasteiger partial charge in [-0.25, -0.2) is 8.78 Å². The smallest absolute Gasteiger partial charge is 0.253 e. The van der Waals surface area contributed by atoms with Gasteiger partial charge in [0.05, 0.1) is 17.8 Å². The Balaban J connectivity index is 1.58. The van der Waals surface area contributed by atoms with Crippen LogP contribution in [0.1, 0.15) is 54.6 Å². The minimum absolute atomic E-state index is 0.0867. The third-order valence-corrected chi connectivity index (χ3v) is 5.13. The molecule has 0 heterocycles. The third kappa shape index (κ3) is 5.60. The lowest BCUT2D eigenvalue weighted by Gasteiger charge is -2.17. The van der Waals surface area contributed by atoms with Crippen LogP contribution in [0.5, 0.6) is 0 Å². The molecule has 1 atom stereocenters. The standard InChI is InChI=1S/C22H25F2N3O2/c1-14(17-11-10-15(23)12-19(17)24)25-13-21(28)27-20-9-5-4-8-18(20)22(29)26-16-6-2-3-7-16/h4-5,8-12,14,16,25H,2-3,6-7,13H2,1H3,(H,26,29)(H,27,28)/t14-/m1/s1. The zero-order chi connectivity index (χ0) is 20.8. The Hall–Kier alpha value is -2.80. The van der Waals surface area contributed by atoms with Crippen molar-refractivity contribution >= 4 is 17.5 Å². The zero-order valence-electron chi connectivity index (χ0n) is 16.3. The van der Waals surface area contributed by atoms with E-state index in [1.807, 2.05) is 0 Å². The van der Waals surface area contributed by atoms with Crippen molar-refractivity contribution in [3.05, 3.63) is 65.2 Å². The van der Waals surface area contributed by atoms with Crippen molar-refractivity contribution < 1.29 is 18.4 Å². The number of rotatable bonds is 7. The fourth-order valence-corrected chi connectivity index (χ4v) is 3.53. The van der Waals surface area contributed by atoms with Crippen LogP contribution in [0.4, 0.5) is 14.5 Å². The van der Waals surface area contributed by atoms with Gasteiger partial charge in [-0.3, -0.25) is 9.59 Å². The first-order chi connectivity index (χ1) is 13.9. The molecule has 7 heteroatoms. The van der Waals surface area contributed by atoms with E-state index in [0.29, 0.717) is 11.3 Å². The second kappa shape index (κ2) is 9.60. The first-order valence-electron chi connectivity index (χ1n) is 9.82. The van der Waals surface area contributed by atoms with Crippen LogP contribution >= 0.6 is 0 Å². The summed E-state index contributed by atoms with van der Waals surface area (Å²) in [7, 11) is 0. The highest BCUT2D eigenvalue weighted by Crippen LogP contribution is 2.21. The Morgan fingerprint density at radius 1 is 1.10 bits per heavy atom. The molecule has 154 valence electrons. The number of carbonyl (C=O) groups excluding carboxylic acids is 2. The summed E-state index contributed by atoms with van der Waals surface area (Å²) < 4.78 is 26.9. The lowest BCUT2D eigenvalue weighted by molar-refractivity contribution is -0.115. The van der Waals surface area contributed by atoms with Gasteiger partial charge in [-0.1, -0.05) is 31.0 Å². The van der Waals surface area contributed by atoms with Gasteiger partial charge in [-0.05, 0) is 38.0 Å². The van der Waals surface area contributed by atoms with Gasteiger partial charge in [0.1, 0.15) is 11.6 Å². The maximum absolute atomic E-state index is 13.9. The monoisotopic (exact) mass is 401 g/mol. The zero-order valence-corrected chi connectivity index (χ0v) is 16.3. The fourth-order valence-electron chi connectivity index (χ4n) is 3.53. The second-order valence-corrected chi connectivity index (χ2v) is 7.32. The van der Waals surface area contributed by atoms with Crippen LogP contribution < -0.4 is 16.0 Å². The van der Waals surface area contributed by atoms with E-state index in [2.05, 4.69) is 16.0 Å². The van der Waals surface area contributed by atoms with Crippen LogP contribution in [0.25, 0.3) is 0 Å². The van der Waals surface area contributed by atoms with Crippen molar-refractivity contribution in [2.75, 3.05) is 11.9 Å². The molecule has 0 aromatic heterocycles. The summed E-state index contributed by atoms with van der Waals surface area (Å²) in [6.07, 6.45) is 4.17. The van der Waals surface area contributed by atoms with E-state index in [-0.39, 0.29) is 30.0 Å². The van der Waals surface area contributed by atoms with Crippen molar-refractivity contribution in [1.82, 2.24) is 10.6 Å². The number of benzene rings is 2. The van der Waals surface area contributed by atoms with Crippen molar-refractivity contribution in [2.45, 2.75) is 44.7 Å². The van der Waals surface area contributed by atoms with Crippen LogP contribution in [0, 0.1) is 11.6 Å². The molecule has 1 fully saturated rings. The van der Waals surface area contributed by atoms with Crippen molar-refractivity contribution in [1.29, 1.82) is 0 Å². The van der Waals surface area contributed by atoms with Crippen molar-refractivity contribution in [2.24, 2.45) is 0 Å². The molecule has 0 saturated heterocycles. The van der Waals surface area contributed by atoms with Crippen LogP contribution in [-0.2, 0) is 4.79 Å². The minimum atomic E-state index is -0.667. The number of hydrogen-bond donors (Lipinski definition) is 3. The summed E-state index contributed by atoms with van der Waals surface area (Å²) in [5.41, 5.74) is 1.11. The second-order valence-electron chi connectivity index (χ2n) is 7.32. The predicted molar refractivity (Wildman–Crippen MR) is 108 cm³/mol. The highest BCUT2D eigenvalue weighted by Gasteiger charge is 2.20. The van der Waals surface area contributed by atoms with Gasteiger partial charge in [0.2, 0.25) is 5.91 Å². The molecule has 0 aliphatic heterocycles. The molecule has 1 aliphatic rings. The number of amides is 2. The maximum atomic E-state index is 13.9. The van der Waals surface area contributed by atoms with Crippen LogP contribution in [0.2, 0.25) is 0 Å². The first kappa shape index (κ1) is 20.9. The van der Waals surface area contributed by atoms with E-state index >= 15 is 0 Å². The van der Waals surface area contributed by atoms with Gasteiger partial charge < -0.3 is 16.0 Å². The molecule has 0 unspecified atom stereocenters. The molecule has 1 saturated carbocycles. The van der Waals surface area contributed by atoms with Gasteiger partial charge in [0, 0.05) is 23.7 Å². The number of anilines is 1. The maximum Gasteiger partial charge on any atom is 0.253 e. The first-order valence-corrected chi connectivity index (χ1v) is 9.82. The number of nitrogens with one attached hydrogen (secondary N) is 3. The fraction of sp³-hybridized carbons (Fsp3) is 0.364. The summed E-state index contributed by atoms with van der Waals surface area (Å²) in [5, 5.41) is 8.66. The van der Waals surface area contributed by atoms with Gasteiger partial charge >= 0.3 is 0 Å². The summed E-state index contributed by atoms with van der Waals surface area (Å²) >= 11 is 0. The lowest BCUT2D eigenvalue weighted by atomic mass is 10.1. The quantitative estimate of drug-likeness (QED) is 0.659. The van der Waals surface area contributed by atoms with Gasteiger partial charge in [-0.15, -0.1) is 0 Å². The molecule has 2 amide bonds. The molecule has 3 N–H and O–H groups in total. The molecular weight excluding hydrogens is 376 g/mol. The Morgan fingerprint density at radius 3 is 2.55 bits per heavy atom. The average molecular weight is 401 g/mol. The Kier molecular flexibility index (Phi) is 6.93. The Labute approximate surface area is 168 Å². The molecule has 2 aromatic carbocycles. The van der Waals surface area contributed by atoms with Crippen LogP contribution in [0.3, 0.4) is 0 Å². The summed E-state index contributed by atoms with van der Waals surface area (Å²) in [6, 6.07) is 9.87. The van der Waals surface area contributed by atoms with Gasteiger partial charge in [-0.2, -0.15) is 0 Å². The summed E-state index contributed by atoms with van der Waals surface area (Å²) in [5.74, 6) is -1.88. The molecule has 0 radical (unpaired) electrons. The SMILES string of the molecule is C[C@@H](NCC(=O)Nc1ccccc1C(=O)NC1CCCC1)c1ccc(F)cc1F. The van der Waals surface area contributed by atoms with Gasteiger partial charge in [0.25, 0.3) is 5.91 Å². The van der Waals surface area contributed by atoms with Gasteiger partial charge in [0.15, 0.2) is 0 Å². The molecule has 0 spiro atoms. The molecule has 1 aliphatic carbocycles. The lowest BCUT2D eigenvalue weighted by Crippen LogP contribution is -2.34. The predicted octanol–water partition coefficient (Wildman–Crippen LogP) is 3.93. The van der Waals surface area contributed by atoms with E-state index < -0.39 is 17.7 Å². The van der Waals surface area contributed by atoms with Crippen LogP contribution in [-0.4, -0.2) is 24.4 Å². The number of hydrogen-bond acceptors (Lipinski definition) is 3. The summed E-state index contributed by atoms with van der Waals surface area (Å²) in [4.78, 5) is 24.9. The van der Waals surface area contributed by atoms with E-state index in [1.165, 1.54) is 12.1 Å². The van der Waals surface area contributed by atoms with E-state index in [1.54, 1.807) is 31.2 Å². The Morgan fingerprint density at radius 2 is 1.83 bits per heavy atom. The topological polar surface area (TPSA) is 70.2 Å². The number of para-hydroxylation sites is 1.